The highest BCUT2D eigenvalue weighted by Gasteiger charge is 2.30. The third kappa shape index (κ3) is 2.27. The van der Waals surface area contributed by atoms with Gasteiger partial charge in [0.2, 0.25) is 0 Å². The molecule has 17 heavy (non-hydrogen) atoms. The molecule has 0 saturated heterocycles. The van der Waals surface area contributed by atoms with E-state index in [2.05, 4.69) is 4.74 Å². The lowest BCUT2D eigenvalue weighted by Crippen LogP contribution is -2.27. The summed E-state index contributed by atoms with van der Waals surface area (Å²) in [6, 6.07) is 4.47. The second-order valence-corrected chi connectivity index (χ2v) is 3.72. The van der Waals surface area contributed by atoms with Gasteiger partial charge in [-0.1, -0.05) is 12.1 Å². The molecule has 0 fully saturated rings. The van der Waals surface area contributed by atoms with Crippen LogP contribution in [0.25, 0.3) is 0 Å². The molecule has 1 aliphatic rings. The van der Waals surface area contributed by atoms with E-state index in [4.69, 9.17) is 4.74 Å². The van der Waals surface area contributed by atoms with Crippen LogP contribution in [0.4, 0.5) is 4.39 Å². The van der Waals surface area contributed by atoms with Gasteiger partial charge in [-0.15, -0.1) is 0 Å². The Bertz CT molecular complexity index is 444. The monoisotopic (exact) mass is 238 g/mol. The highest BCUT2D eigenvalue weighted by Crippen LogP contribution is 2.35. The van der Waals surface area contributed by atoms with Crippen LogP contribution in [0.15, 0.2) is 18.2 Å². The Labute approximate surface area is 97.3 Å². The van der Waals surface area contributed by atoms with Crippen LogP contribution in [0.1, 0.15) is 17.9 Å². The first-order chi connectivity index (χ1) is 8.24. The van der Waals surface area contributed by atoms with E-state index in [0.717, 1.165) is 0 Å². The zero-order chi connectivity index (χ0) is 12.3. The van der Waals surface area contributed by atoms with Crippen molar-refractivity contribution in [2.75, 3.05) is 13.2 Å². The molecule has 0 aliphatic carbocycles. The molecule has 1 unspecified atom stereocenters. The molecular formula is C12H11FO4. The Morgan fingerprint density at radius 1 is 1.53 bits per heavy atom. The van der Waals surface area contributed by atoms with E-state index in [1.807, 2.05) is 0 Å². The van der Waals surface area contributed by atoms with Gasteiger partial charge in [0, 0.05) is 5.56 Å². The van der Waals surface area contributed by atoms with E-state index in [9.17, 15) is 14.0 Å². The Balaban J connectivity index is 2.24. The van der Waals surface area contributed by atoms with Gasteiger partial charge < -0.3 is 9.47 Å². The average Bonchev–Trinajstić information content (AvgIpc) is 2.32. The largest absolute Gasteiger partial charge is 0.482 e. The van der Waals surface area contributed by atoms with Crippen molar-refractivity contribution in [1.29, 1.82) is 0 Å². The molecule has 2 rings (SSSR count). The Morgan fingerprint density at radius 2 is 2.35 bits per heavy atom. The van der Waals surface area contributed by atoms with Crippen LogP contribution in [0.3, 0.4) is 0 Å². The van der Waals surface area contributed by atoms with Crippen molar-refractivity contribution >= 4 is 12.3 Å². The summed E-state index contributed by atoms with van der Waals surface area (Å²) in [5.74, 6) is -0.938. The number of ketones is 1. The summed E-state index contributed by atoms with van der Waals surface area (Å²) in [6.45, 7) is 0.325. The maximum absolute atomic E-state index is 13.4. The topological polar surface area (TPSA) is 52.6 Å². The number of hydrogen-bond donors (Lipinski definition) is 0. The Hall–Kier alpha value is -1.91. The molecule has 0 saturated carbocycles. The number of ether oxygens (including phenoxy) is 2. The molecule has 4 nitrogen and oxygen atoms in total. The van der Waals surface area contributed by atoms with Crippen LogP contribution in [0.2, 0.25) is 0 Å². The van der Waals surface area contributed by atoms with Gasteiger partial charge in [-0.25, -0.2) is 4.39 Å². The van der Waals surface area contributed by atoms with Gasteiger partial charge in [0.15, 0.2) is 17.3 Å². The number of carbonyl (C=O) groups excluding carboxylic acids is 2. The SMILES string of the molecule is O=COCCC1C(=O)COc2c(F)cccc21. The van der Waals surface area contributed by atoms with Crippen LogP contribution >= 0.6 is 0 Å². The predicted octanol–water partition coefficient (Wildman–Crippen LogP) is 1.43. The minimum absolute atomic E-state index is 0.127. The van der Waals surface area contributed by atoms with Gasteiger partial charge in [0.1, 0.15) is 6.61 Å². The van der Waals surface area contributed by atoms with Crippen LogP contribution in [-0.2, 0) is 14.3 Å². The molecule has 0 bridgehead atoms. The number of Topliss-reactive ketones (excluding diaryl/α,β-unsaturated/α-hetero) is 1. The predicted molar refractivity (Wildman–Crippen MR) is 56.3 cm³/mol. The van der Waals surface area contributed by atoms with Crippen molar-refractivity contribution in [2.45, 2.75) is 12.3 Å². The number of benzene rings is 1. The molecule has 1 atom stereocenters. The number of para-hydroxylation sites is 1. The standard InChI is InChI=1S/C12H11FO4/c13-10-3-1-2-9-8(4-5-16-7-14)11(15)6-17-12(9)10/h1-3,7-8H,4-6H2. The van der Waals surface area contributed by atoms with Crippen LogP contribution in [0, 0.1) is 5.82 Å². The fourth-order valence-corrected chi connectivity index (χ4v) is 1.92. The minimum Gasteiger partial charge on any atom is -0.482 e. The normalized spacial score (nSPS) is 18.2. The molecule has 1 heterocycles. The third-order valence-corrected chi connectivity index (χ3v) is 2.71. The molecule has 5 heteroatoms. The summed E-state index contributed by atoms with van der Waals surface area (Å²) in [7, 11) is 0. The number of carbonyl (C=O) groups is 2. The van der Waals surface area contributed by atoms with E-state index >= 15 is 0 Å². The fraction of sp³-hybridized carbons (Fsp3) is 0.333. The van der Waals surface area contributed by atoms with Crippen LogP contribution < -0.4 is 4.74 Å². The van der Waals surface area contributed by atoms with E-state index in [-0.39, 0.29) is 24.7 Å². The summed E-state index contributed by atoms with van der Waals surface area (Å²) in [5, 5.41) is 0. The zero-order valence-electron chi connectivity index (χ0n) is 9.02. The van der Waals surface area contributed by atoms with E-state index < -0.39 is 11.7 Å². The van der Waals surface area contributed by atoms with Gasteiger partial charge in [0.25, 0.3) is 6.47 Å². The average molecular weight is 238 g/mol. The number of fused-ring (bicyclic) bond motifs is 1. The van der Waals surface area contributed by atoms with Gasteiger partial charge in [-0.3, -0.25) is 9.59 Å². The first kappa shape index (κ1) is 11.6. The second kappa shape index (κ2) is 4.95. The molecule has 0 N–H and O–H groups in total. The first-order valence-corrected chi connectivity index (χ1v) is 5.23. The van der Waals surface area contributed by atoms with Gasteiger partial charge in [-0.2, -0.15) is 0 Å². The van der Waals surface area contributed by atoms with Crippen molar-refractivity contribution in [3.05, 3.63) is 29.6 Å². The lowest BCUT2D eigenvalue weighted by Gasteiger charge is -2.24. The van der Waals surface area contributed by atoms with Crippen molar-refractivity contribution in [3.63, 3.8) is 0 Å². The summed E-state index contributed by atoms with van der Waals surface area (Å²) >= 11 is 0. The molecule has 1 aromatic carbocycles. The molecule has 0 radical (unpaired) electrons. The molecule has 1 aromatic rings. The Morgan fingerprint density at radius 3 is 3.12 bits per heavy atom. The number of rotatable bonds is 4. The molecular weight excluding hydrogens is 227 g/mol. The summed E-state index contributed by atoms with van der Waals surface area (Å²) < 4.78 is 23.1. The van der Waals surface area contributed by atoms with E-state index in [1.165, 1.54) is 12.1 Å². The lowest BCUT2D eigenvalue weighted by atomic mass is 9.89. The molecule has 0 amide bonds. The minimum atomic E-state index is -0.476. The molecule has 90 valence electrons. The van der Waals surface area contributed by atoms with Gasteiger partial charge in [0.05, 0.1) is 12.5 Å². The Kier molecular flexibility index (Phi) is 3.37. The number of hydrogen-bond acceptors (Lipinski definition) is 4. The summed E-state index contributed by atoms with van der Waals surface area (Å²) in [6.07, 6.45) is 0.345. The quantitative estimate of drug-likeness (QED) is 0.588. The van der Waals surface area contributed by atoms with Crippen molar-refractivity contribution < 1.29 is 23.5 Å². The van der Waals surface area contributed by atoms with E-state index in [0.29, 0.717) is 18.5 Å². The summed E-state index contributed by atoms with van der Waals surface area (Å²) in [4.78, 5) is 21.7. The van der Waals surface area contributed by atoms with Crippen LogP contribution in [0.5, 0.6) is 5.75 Å². The lowest BCUT2D eigenvalue weighted by molar-refractivity contribution is -0.130. The maximum atomic E-state index is 13.4. The zero-order valence-corrected chi connectivity index (χ0v) is 9.02. The second-order valence-electron chi connectivity index (χ2n) is 3.72. The van der Waals surface area contributed by atoms with E-state index in [1.54, 1.807) is 6.07 Å². The fourth-order valence-electron chi connectivity index (χ4n) is 1.92. The van der Waals surface area contributed by atoms with Crippen molar-refractivity contribution in [2.24, 2.45) is 0 Å². The molecule has 1 aliphatic heterocycles. The smallest absolute Gasteiger partial charge is 0.293 e. The van der Waals surface area contributed by atoms with Gasteiger partial charge in [-0.05, 0) is 12.5 Å². The van der Waals surface area contributed by atoms with Gasteiger partial charge >= 0.3 is 0 Å². The van der Waals surface area contributed by atoms with Crippen LogP contribution in [-0.4, -0.2) is 25.5 Å². The molecule has 0 aromatic heterocycles. The van der Waals surface area contributed by atoms with Crippen molar-refractivity contribution in [1.82, 2.24) is 0 Å². The molecule has 0 spiro atoms. The highest BCUT2D eigenvalue weighted by atomic mass is 19.1. The number of halogens is 1. The third-order valence-electron chi connectivity index (χ3n) is 2.71. The first-order valence-electron chi connectivity index (χ1n) is 5.23. The van der Waals surface area contributed by atoms with Crippen molar-refractivity contribution in [3.8, 4) is 5.75 Å². The summed E-state index contributed by atoms with van der Waals surface area (Å²) in [5.41, 5.74) is 0.524. The highest BCUT2D eigenvalue weighted by molar-refractivity contribution is 5.89. The maximum Gasteiger partial charge on any atom is 0.293 e.